The minimum absolute atomic E-state index is 0.156. The van der Waals surface area contributed by atoms with Crippen molar-refractivity contribution < 1.29 is 17.8 Å². The summed E-state index contributed by atoms with van der Waals surface area (Å²) < 4.78 is 30.1. The molecule has 1 fully saturated rings. The molecule has 106 valence electrons. The maximum absolute atomic E-state index is 11.3. The molecule has 2 atom stereocenters. The van der Waals surface area contributed by atoms with Crippen molar-refractivity contribution in [1.82, 2.24) is 0 Å². The van der Waals surface area contributed by atoms with Crippen LogP contribution >= 0.6 is 23.5 Å². The highest BCUT2D eigenvalue weighted by atomic mass is 32.2. The Hall–Kier alpha value is 0.280. The van der Waals surface area contributed by atoms with Gasteiger partial charge in [-0.25, -0.2) is 0 Å². The molecule has 1 aliphatic heterocycles. The quantitative estimate of drug-likeness (QED) is 0.726. The lowest BCUT2D eigenvalue weighted by Crippen LogP contribution is -2.26. The number of Topliss-reactive ketones (excluding diaryl/α,β-unsaturated/α-hetero) is 1. The second kappa shape index (κ2) is 7.77. The number of thioether (sulfide) groups is 2. The average molecular weight is 312 g/mol. The van der Waals surface area contributed by atoms with Crippen LogP contribution in [0.4, 0.5) is 0 Å². The van der Waals surface area contributed by atoms with Crippen LogP contribution in [-0.2, 0) is 14.9 Å². The Morgan fingerprint density at radius 2 is 2.17 bits per heavy atom. The standard InChI is InChI=1S/C11H20O4S3/c1-9(12)7-10(3-2-6-18(13,14)15)11-8-16-4-5-17-11/h10-11H,2-8H2,1H3,(H,13,14,15). The zero-order chi connectivity index (χ0) is 13.6. The van der Waals surface area contributed by atoms with E-state index in [4.69, 9.17) is 4.55 Å². The van der Waals surface area contributed by atoms with E-state index in [1.807, 2.05) is 23.5 Å². The molecule has 0 aromatic heterocycles. The molecule has 0 bridgehead atoms. The van der Waals surface area contributed by atoms with Crippen molar-refractivity contribution in [3.63, 3.8) is 0 Å². The second-order valence-corrected chi connectivity index (χ2v) is 8.65. The second-order valence-electron chi connectivity index (χ2n) is 4.58. The molecule has 2 unspecified atom stereocenters. The molecule has 7 heteroatoms. The third kappa shape index (κ3) is 7.01. The fourth-order valence-corrected chi connectivity index (χ4v) is 5.63. The van der Waals surface area contributed by atoms with Crippen LogP contribution in [0.3, 0.4) is 0 Å². The van der Waals surface area contributed by atoms with E-state index in [9.17, 15) is 13.2 Å². The van der Waals surface area contributed by atoms with Gasteiger partial charge in [-0.2, -0.15) is 31.9 Å². The minimum Gasteiger partial charge on any atom is -0.300 e. The molecule has 0 amide bonds. The van der Waals surface area contributed by atoms with Gasteiger partial charge in [-0.1, -0.05) is 0 Å². The van der Waals surface area contributed by atoms with Crippen molar-refractivity contribution in [2.45, 2.75) is 31.4 Å². The van der Waals surface area contributed by atoms with Crippen LogP contribution in [0.2, 0.25) is 0 Å². The van der Waals surface area contributed by atoms with E-state index < -0.39 is 10.1 Å². The van der Waals surface area contributed by atoms with Crippen molar-refractivity contribution in [2.75, 3.05) is 23.0 Å². The van der Waals surface area contributed by atoms with Crippen LogP contribution in [0.15, 0.2) is 0 Å². The predicted molar refractivity (Wildman–Crippen MR) is 78.0 cm³/mol. The van der Waals surface area contributed by atoms with Gasteiger partial charge in [0, 0.05) is 28.9 Å². The first-order chi connectivity index (χ1) is 8.38. The molecule has 1 saturated heterocycles. The lowest BCUT2D eigenvalue weighted by Gasteiger charge is -2.29. The third-order valence-electron chi connectivity index (χ3n) is 2.89. The highest BCUT2D eigenvalue weighted by molar-refractivity contribution is 8.06. The monoisotopic (exact) mass is 312 g/mol. The molecule has 0 aliphatic carbocycles. The average Bonchev–Trinajstić information content (AvgIpc) is 2.27. The Morgan fingerprint density at radius 3 is 2.67 bits per heavy atom. The number of hydrogen-bond acceptors (Lipinski definition) is 5. The molecule has 0 spiro atoms. The Balaban J connectivity index is 2.46. The summed E-state index contributed by atoms with van der Waals surface area (Å²) in [6.07, 6.45) is 1.64. The normalized spacial score (nSPS) is 22.7. The fraction of sp³-hybridized carbons (Fsp3) is 0.909. The molecule has 4 nitrogen and oxygen atoms in total. The molecule has 18 heavy (non-hydrogen) atoms. The number of ketones is 1. The Morgan fingerprint density at radius 1 is 1.44 bits per heavy atom. The molecule has 1 rings (SSSR count). The van der Waals surface area contributed by atoms with Gasteiger partial charge in [0.2, 0.25) is 0 Å². The lowest BCUT2D eigenvalue weighted by atomic mass is 9.94. The van der Waals surface area contributed by atoms with Gasteiger partial charge in [0.05, 0.1) is 5.75 Å². The van der Waals surface area contributed by atoms with Crippen LogP contribution in [0, 0.1) is 5.92 Å². The zero-order valence-electron chi connectivity index (χ0n) is 10.5. The molecule has 1 N–H and O–H groups in total. The maximum Gasteiger partial charge on any atom is 0.264 e. The first-order valence-corrected chi connectivity index (χ1v) is 9.83. The lowest BCUT2D eigenvalue weighted by molar-refractivity contribution is -0.117. The van der Waals surface area contributed by atoms with Crippen LogP contribution in [0.5, 0.6) is 0 Å². The van der Waals surface area contributed by atoms with Gasteiger partial charge >= 0.3 is 0 Å². The predicted octanol–water partition coefficient (Wildman–Crippen LogP) is 2.10. The van der Waals surface area contributed by atoms with E-state index in [2.05, 4.69) is 0 Å². The Kier molecular flexibility index (Phi) is 7.05. The van der Waals surface area contributed by atoms with Crippen LogP contribution in [-0.4, -0.2) is 47.0 Å². The summed E-state index contributed by atoms with van der Waals surface area (Å²) in [4.78, 5) is 11.3. The van der Waals surface area contributed by atoms with Crippen molar-refractivity contribution in [3.8, 4) is 0 Å². The summed E-state index contributed by atoms with van der Waals surface area (Å²) in [5, 5.41) is 0.439. The molecule has 0 saturated carbocycles. The minimum atomic E-state index is -3.88. The molecular weight excluding hydrogens is 292 g/mol. The van der Waals surface area contributed by atoms with E-state index in [0.29, 0.717) is 24.5 Å². The van der Waals surface area contributed by atoms with Gasteiger partial charge in [0.1, 0.15) is 5.78 Å². The third-order valence-corrected chi connectivity index (χ3v) is 6.68. The van der Waals surface area contributed by atoms with Crippen LogP contribution < -0.4 is 0 Å². The summed E-state index contributed by atoms with van der Waals surface area (Å²) in [6.45, 7) is 1.58. The number of rotatable bonds is 7. The molecule has 0 aromatic carbocycles. The van der Waals surface area contributed by atoms with Crippen molar-refractivity contribution in [1.29, 1.82) is 0 Å². The smallest absolute Gasteiger partial charge is 0.264 e. The van der Waals surface area contributed by atoms with Crippen LogP contribution in [0.25, 0.3) is 0 Å². The molecule has 1 aliphatic rings. The summed E-state index contributed by atoms with van der Waals surface area (Å²) in [7, 11) is -3.88. The molecule has 0 aromatic rings. The Labute approximate surface area is 117 Å². The maximum atomic E-state index is 11.3. The molecule has 1 heterocycles. The highest BCUT2D eigenvalue weighted by Crippen LogP contribution is 2.33. The first-order valence-electron chi connectivity index (χ1n) is 6.02. The SMILES string of the molecule is CC(=O)CC(CCCS(=O)(=O)O)C1CSCCS1. The summed E-state index contributed by atoms with van der Waals surface area (Å²) in [5.74, 6) is 3.48. The van der Waals surface area contributed by atoms with E-state index in [1.165, 1.54) is 0 Å². The topological polar surface area (TPSA) is 71.4 Å². The van der Waals surface area contributed by atoms with Crippen molar-refractivity contribution >= 4 is 39.4 Å². The largest absolute Gasteiger partial charge is 0.300 e. The number of carbonyl (C=O) groups excluding carboxylic acids is 1. The van der Waals surface area contributed by atoms with Crippen molar-refractivity contribution in [2.24, 2.45) is 5.92 Å². The zero-order valence-corrected chi connectivity index (χ0v) is 13.0. The van der Waals surface area contributed by atoms with Gasteiger partial charge in [0.25, 0.3) is 10.1 Å². The number of carbonyl (C=O) groups is 1. The highest BCUT2D eigenvalue weighted by Gasteiger charge is 2.25. The van der Waals surface area contributed by atoms with Gasteiger partial charge in [0.15, 0.2) is 0 Å². The van der Waals surface area contributed by atoms with Crippen molar-refractivity contribution in [3.05, 3.63) is 0 Å². The molecule has 0 radical (unpaired) electrons. The van der Waals surface area contributed by atoms with E-state index in [1.54, 1.807) is 6.92 Å². The van der Waals surface area contributed by atoms with Gasteiger partial charge < -0.3 is 4.79 Å². The fourth-order valence-electron chi connectivity index (χ4n) is 2.09. The van der Waals surface area contributed by atoms with E-state index in [0.717, 1.165) is 17.3 Å². The Bertz CT molecular complexity index is 360. The van der Waals surface area contributed by atoms with Gasteiger partial charge in [-0.15, -0.1) is 0 Å². The summed E-state index contributed by atoms with van der Waals surface area (Å²) in [5.41, 5.74) is 0. The van der Waals surface area contributed by atoms with E-state index in [-0.39, 0.29) is 17.5 Å². The molecular formula is C11H20O4S3. The van der Waals surface area contributed by atoms with Gasteiger partial charge in [-0.3, -0.25) is 4.55 Å². The van der Waals surface area contributed by atoms with E-state index >= 15 is 0 Å². The number of hydrogen-bond donors (Lipinski definition) is 1. The summed E-state index contributed by atoms with van der Waals surface area (Å²) >= 11 is 3.78. The van der Waals surface area contributed by atoms with Gasteiger partial charge in [-0.05, 0) is 25.7 Å². The van der Waals surface area contributed by atoms with Crippen LogP contribution in [0.1, 0.15) is 26.2 Å². The summed E-state index contributed by atoms with van der Waals surface area (Å²) in [6, 6.07) is 0. The first kappa shape index (κ1) is 16.3.